The zero-order chi connectivity index (χ0) is 14.7. The topological polar surface area (TPSA) is 33.5 Å². The summed E-state index contributed by atoms with van der Waals surface area (Å²) in [5.41, 5.74) is 0.732. The van der Waals surface area contributed by atoms with E-state index in [1.807, 2.05) is 41.8 Å². The lowest BCUT2D eigenvalue weighted by Gasteiger charge is -2.18. The van der Waals surface area contributed by atoms with Crippen molar-refractivity contribution in [3.8, 4) is 0 Å². The summed E-state index contributed by atoms with van der Waals surface area (Å²) < 4.78 is 5.65. The van der Waals surface area contributed by atoms with Crippen LogP contribution in [0.5, 0.6) is 0 Å². The van der Waals surface area contributed by atoms with Crippen molar-refractivity contribution in [2.45, 2.75) is 6.54 Å². The van der Waals surface area contributed by atoms with Crippen molar-refractivity contribution < 1.29 is 9.21 Å². The summed E-state index contributed by atoms with van der Waals surface area (Å²) in [6.45, 7) is 4.79. The molecule has 0 fully saturated rings. The van der Waals surface area contributed by atoms with Gasteiger partial charge in [0.05, 0.1) is 6.54 Å². The van der Waals surface area contributed by atoms with Crippen molar-refractivity contribution >= 4 is 28.2 Å². The smallest absolute Gasteiger partial charge is 0.290 e. The third kappa shape index (κ3) is 2.90. The second-order valence-electron chi connectivity index (χ2n) is 4.70. The fraction of sp³-hybridized carbons (Fsp3) is 0.118. The van der Waals surface area contributed by atoms with E-state index in [0.717, 1.165) is 15.8 Å². The Morgan fingerprint density at radius 3 is 2.86 bits per heavy atom. The van der Waals surface area contributed by atoms with E-state index in [9.17, 15) is 4.79 Å². The number of hydrogen-bond acceptors (Lipinski definition) is 3. The van der Waals surface area contributed by atoms with E-state index in [1.54, 1.807) is 28.4 Å². The Morgan fingerprint density at radius 2 is 2.14 bits per heavy atom. The third-order valence-electron chi connectivity index (χ3n) is 3.20. The molecule has 106 valence electrons. The molecule has 1 aromatic carbocycles. The predicted octanol–water partition coefficient (Wildman–Crippen LogP) is 4.32. The molecule has 0 aliphatic rings. The lowest BCUT2D eigenvalue weighted by Crippen LogP contribution is -2.30. The molecule has 0 N–H and O–H groups in total. The van der Waals surface area contributed by atoms with E-state index in [4.69, 9.17) is 4.42 Å². The first-order valence-corrected chi connectivity index (χ1v) is 7.57. The molecule has 0 saturated carbocycles. The Labute approximate surface area is 127 Å². The van der Waals surface area contributed by atoms with Crippen LogP contribution in [0.15, 0.2) is 64.9 Å². The van der Waals surface area contributed by atoms with Crippen LogP contribution in [0, 0.1) is 0 Å². The van der Waals surface area contributed by atoms with Crippen LogP contribution < -0.4 is 0 Å². The van der Waals surface area contributed by atoms with Crippen LogP contribution >= 0.6 is 11.3 Å². The molecule has 2 aromatic heterocycles. The van der Waals surface area contributed by atoms with Crippen molar-refractivity contribution in [1.29, 1.82) is 0 Å². The zero-order valence-electron chi connectivity index (χ0n) is 11.5. The molecular weight excluding hydrogens is 282 g/mol. The van der Waals surface area contributed by atoms with Crippen molar-refractivity contribution in [2.75, 3.05) is 6.54 Å². The summed E-state index contributed by atoms with van der Waals surface area (Å²) >= 11 is 1.64. The number of thiophene rings is 1. The second kappa shape index (κ2) is 5.97. The van der Waals surface area contributed by atoms with Crippen LogP contribution in [0.4, 0.5) is 0 Å². The first-order chi connectivity index (χ1) is 10.3. The molecule has 4 heteroatoms. The molecule has 0 bridgehead atoms. The maximum absolute atomic E-state index is 12.6. The normalized spacial score (nSPS) is 10.7. The van der Waals surface area contributed by atoms with Gasteiger partial charge in [0.1, 0.15) is 5.58 Å². The number of furan rings is 1. The summed E-state index contributed by atoms with van der Waals surface area (Å²) in [5.74, 6) is 0.258. The first-order valence-electron chi connectivity index (χ1n) is 6.69. The number of carbonyl (C=O) groups excluding carboxylic acids is 1. The van der Waals surface area contributed by atoms with E-state index >= 15 is 0 Å². The van der Waals surface area contributed by atoms with E-state index in [1.165, 1.54) is 0 Å². The molecule has 0 aliphatic carbocycles. The summed E-state index contributed by atoms with van der Waals surface area (Å²) in [6.07, 6.45) is 1.73. The quantitative estimate of drug-likeness (QED) is 0.657. The Bertz CT molecular complexity index is 725. The maximum atomic E-state index is 12.6. The van der Waals surface area contributed by atoms with Crippen molar-refractivity contribution in [2.24, 2.45) is 0 Å². The molecular formula is C17H15NO2S. The lowest BCUT2D eigenvalue weighted by molar-refractivity contribution is 0.0734. The van der Waals surface area contributed by atoms with E-state index in [2.05, 4.69) is 6.58 Å². The third-order valence-corrected chi connectivity index (χ3v) is 4.06. The second-order valence-corrected chi connectivity index (χ2v) is 5.73. The van der Waals surface area contributed by atoms with Crippen LogP contribution in [-0.4, -0.2) is 17.4 Å². The van der Waals surface area contributed by atoms with Crippen LogP contribution in [-0.2, 0) is 6.54 Å². The van der Waals surface area contributed by atoms with Gasteiger partial charge in [-0.1, -0.05) is 30.3 Å². The van der Waals surface area contributed by atoms with Crippen molar-refractivity contribution in [1.82, 2.24) is 4.90 Å². The Kier molecular flexibility index (Phi) is 3.88. The fourth-order valence-corrected chi connectivity index (χ4v) is 2.93. The number of benzene rings is 1. The van der Waals surface area contributed by atoms with Gasteiger partial charge in [-0.3, -0.25) is 4.79 Å². The lowest BCUT2D eigenvalue weighted by atomic mass is 10.2. The van der Waals surface area contributed by atoms with Crippen LogP contribution in [0.2, 0.25) is 0 Å². The highest BCUT2D eigenvalue weighted by molar-refractivity contribution is 7.09. The minimum Gasteiger partial charge on any atom is -0.451 e. The Hall–Kier alpha value is -2.33. The SMILES string of the molecule is C=CCN(Cc1cccs1)C(=O)c1cc2ccccc2o1. The molecule has 2 heterocycles. The average molecular weight is 297 g/mol. The van der Waals surface area contributed by atoms with E-state index < -0.39 is 0 Å². The Morgan fingerprint density at radius 1 is 1.29 bits per heavy atom. The molecule has 0 saturated heterocycles. The van der Waals surface area contributed by atoms with Gasteiger partial charge in [0.15, 0.2) is 5.76 Å². The number of para-hydroxylation sites is 1. The maximum Gasteiger partial charge on any atom is 0.290 e. The number of carbonyl (C=O) groups is 1. The molecule has 0 unspecified atom stereocenters. The van der Waals surface area contributed by atoms with Gasteiger partial charge in [0.25, 0.3) is 5.91 Å². The van der Waals surface area contributed by atoms with Crippen molar-refractivity contribution in [3.05, 3.63) is 71.1 Å². The van der Waals surface area contributed by atoms with Gasteiger partial charge in [-0.2, -0.15) is 0 Å². The molecule has 21 heavy (non-hydrogen) atoms. The minimum atomic E-state index is -0.112. The monoisotopic (exact) mass is 297 g/mol. The predicted molar refractivity (Wildman–Crippen MR) is 85.5 cm³/mol. The molecule has 3 rings (SSSR count). The number of nitrogens with zero attached hydrogens (tertiary/aromatic N) is 1. The number of amides is 1. The highest BCUT2D eigenvalue weighted by Gasteiger charge is 2.19. The largest absolute Gasteiger partial charge is 0.451 e. The van der Waals surface area contributed by atoms with Crippen LogP contribution in [0.25, 0.3) is 11.0 Å². The number of fused-ring (bicyclic) bond motifs is 1. The van der Waals surface area contributed by atoms with Gasteiger partial charge in [-0.15, -0.1) is 17.9 Å². The molecule has 3 aromatic rings. The number of rotatable bonds is 5. The summed E-state index contributed by atoms with van der Waals surface area (Å²) in [5, 5.41) is 2.95. The van der Waals surface area contributed by atoms with Gasteiger partial charge in [0, 0.05) is 16.8 Å². The van der Waals surface area contributed by atoms with Gasteiger partial charge in [0.2, 0.25) is 0 Å². The molecule has 1 amide bonds. The van der Waals surface area contributed by atoms with Gasteiger partial charge in [-0.05, 0) is 23.6 Å². The molecule has 3 nitrogen and oxygen atoms in total. The average Bonchev–Trinajstić information content (AvgIpc) is 3.14. The first kappa shape index (κ1) is 13.6. The molecule has 0 aliphatic heterocycles. The summed E-state index contributed by atoms with van der Waals surface area (Å²) in [7, 11) is 0. The molecule has 0 atom stereocenters. The van der Waals surface area contributed by atoms with Crippen LogP contribution in [0.1, 0.15) is 15.4 Å². The Balaban J connectivity index is 1.87. The number of hydrogen-bond donors (Lipinski definition) is 0. The fourth-order valence-electron chi connectivity index (χ4n) is 2.21. The van der Waals surface area contributed by atoms with Gasteiger partial charge < -0.3 is 9.32 Å². The van der Waals surface area contributed by atoms with Gasteiger partial charge >= 0.3 is 0 Å². The molecule has 0 radical (unpaired) electrons. The van der Waals surface area contributed by atoms with E-state index in [0.29, 0.717) is 18.8 Å². The summed E-state index contributed by atoms with van der Waals surface area (Å²) in [6, 6.07) is 13.4. The minimum absolute atomic E-state index is 0.112. The highest BCUT2D eigenvalue weighted by atomic mass is 32.1. The van der Waals surface area contributed by atoms with Gasteiger partial charge in [-0.25, -0.2) is 0 Å². The molecule has 0 spiro atoms. The van der Waals surface area contributed by atoms with Crippen molar-refractivity contribution in [3.63, 3.8) is 0 Å². The van der Waals surface area contributed by atoms with E-state index in [-0.39, 0.29) is 5.91 Å². The van der Waals surface area contributed by atoms with Crippen LogP contribution in [0.3, 0.4) is 0 Å². The highest BCUT2D eigenvalue weighted by Crippen LogP contribution is 2.21. The summed E-state index contributed by atoms with van der Waals surface area (Å²) in [4.78, 5) is 15.5. The zero-order valence-corrected chi connectivity index (χ0v) is 12.3. The standard InChI is InChI=1S/C17H15NO2S/c1-2-9-18(12-14-7-5-10-21-14)17(19)16-11-13-6-3-4-8-15(13)20-16/h2-8,10-11H,1,9,12H2.